The van der Waals surface area contributed by atoms with Gasteiger partial charge < -0.3 is 15.2 Å². The summed E-state index contributed by atoms with van der Waals surface area (Å²) >= 11 is 0. The van der Waals surface area contributed by atoms with Gasteiger partial charge in [-0.3, -0.25) is 4.79 Å². The predicted molar refractivity (Wildman–Crippen MR) is 56.6 cm³/mol. The lowest BCUT2D eigenvalue weighted by atomic mass is 10.2. The van der Waals surface area contributed by atoms with Crippen LogP contribution in [0.2, 0.25) is 0 Å². The van der Waals surface area contributed by atoms with Crippen molar-refractivity contribution in [2.75, 3.05) is 6.61 Å². The normalized spacial score (nSPS) is 9.62. The summed E-state index contributed by atoms with van der Waals surface area (Å²) < 4.78 is 9.39. The average Bonchev–Trinajstić information content (AvgIpc) is 2.26. The Kier molecular flexibility index (Phi) is 4.47. The Morgan fingerprint density at radius 1 is 1.25 bits per heavy atom. The van der Waals surface area contributed by atoms with Crippen molar-refractivity contribution in [3.05, 3.63) is 29.8 Å². The quantitative estimate of drug-likeness (QED) is 0.597. The molecule has 0 unspecified atom stereocenters. The molecule has 0 spiro atoms. The highest BCUT2D eigenvalue weighted by molar-refractivity contribution is 5.84. The fourth-order valence-corrected chi connectivity index (χ4v) is 1.05. The molecule has 0 aliphatic rings. The number of nitrogens with two attached hydrogens (primary N) is 1. The van der Waals surface area contributed by atoms with Crippen LogP contribution < -0.4 is 10.5 Å². The molecular weight excluding hydrogens is 210 g/mol. The summed E-state index contributed by atoms with van der Waals surface area (Å²) in [6.45, 7) is 1.32. The summed E-state index contributed by atoms with van der Waals surface area (Å²) in [5.74, 6) is -0.833. The van der Waals surface area contributed by atoms with E-state index in [2.05, 4.69) is 4.74 Å². The van der Waals surface area contributed by atoms with Gasteiger partial charge in [-0.2, -0.15) is 0 Å². The second-order valence-corrected chi connectivity index (χ2v) is 3.10. The van der Waals surface area contributed by atoms with Gasteiger partial charge in [0.05, 0.1) is 0 Å². The molecule has 5 heteroatoms. The van der Waals surface area contributed by atoms with E-state index in [4.69, 9.17) is 10.5 Å². The monoisotopic (exact) mass is 223 g/mol. The van der Waals surface area contributed by atoms with Crippen LogP contribution >= 0.6 is 0 Å². The van der Waals surface area contributed by atoms with Crippen molar-refractivity contribution in [1.82, 2.24) is 0 Å². The number of benzene rings is 1. The summed E-state index contributed by atoms with van der Waals surface area (Å²) in [5, 5.41) is 0. The zero-order chi connectivity index (χ0) is 12.0. The van der Waals surface area contributed by atoms with Gasteiger partial charge in [-0.15, -0.1) is 0 Å². The minimum absolute atomic E-state index is 0.290. The van der Waals surface area contributed by atoms with E-state index in [1.54, 1.807) is 24.3 Å². The lowest BCUT2D eigenvalue weighted by Crippen LogP contribution is -2.17. The first kappa shape index (κ1) is 12.2. The Morgan fingerprint density at radius 3 is 2.38 bits per heavy atom. The smallest absolute Gasteiger partial charge is 0.351 e. The SMILES string of the molecule is CC(=O)OC(=O)COc1ccc(CN)cc1. The minimum Gasteiger partial charge on any atom is -0.482 e. The highest BCUT2D eigenvalue weighted by Crippen LogP contribution is 2.11. The molecule has 0 atom stereocenters. The Bertz CT molecular complexity index is 372. The van der Waals surface area contributed by atoms with Crippen molar-refractivity contribution in [2.45, 2.75) is 13.5 Å². The summed E-state index contributed by atoms with van der Waals surface area (Å²) in [7, 11) is 0. The van der Waals surface area contributed by atoms with Gasteiger partial charge in [-0.1, -0.05) is 12.1 Å². The van der Waals surface area contributed by atoms with Crippen LogP contribution in [0.5, 0.6) is 5.75 Å². The first-order valence-corrected chi connectivity index (χ1v) is 4.75. The number of esters is 2. The molecule has 0 saturated carbocycles. The van der Waals surface area contributed by atoms with Gasteiger partial charge in [-0.05, 0) is 17.7 Å². The van der Waals surface area contributed by atoms with Crippen LogP contribution in [0.3, 0.4) is 0 Å². The van der Waals surface area contributed by atoms with Crippen LogP contribution in [0.15, 0.2) is 24.3 Å². The van der Waals surface area contributed by atoms with E-state index in [0.717, 1.165) is 12.5 Å². The molecule has 0 heterocycles. The minimum atomic E-state index is -0.713. The molecule has 0 amide bonds. The fraction of sp³-hybridized carbons (Fsp3) is 0.273. The molecule has 0 bridgehead atoms. The highest BCUT2D eigenvalue weighted by atomic mass is 16.6. The summed E-state index contributed by atoms with van der Waals surface area (Å²) in [5.41, 5.74) is 6.40. The molecule has 0 aromatic heterocycles. The first-order valence-electron chi connectivity index (χ1n) is 4.75. The van der Waals surface area contributed by atoms with Crippen molar-refractivity contribution in [1.29, 1.82) is 0 Å². The van der Waals surface area contributed by atoms with Crippen molar-refractivity contribution < 1.29 is 19.1 Å². The Balaban J connectivity index is 2.42. The standard InChI is InChI=1S/C11H13NO4/c1-8(13)16-11(14)7-15-10-4-2-9(6-12)3-5-10/h2-5H,6-7,12H2,1H3. The third-order valence-electron chi connectivity index (χ3n) is 1.77. The summed E-state index contributed by atoms with van der Waals surface area (Å²) in [6, 6.07) is 6.99. The second-order valence-electron chi connectivity index (χ2n) is 3.10. The van der Waals surface area contributed by atoms with Crippen molar-refractivity contribution in [3.63, 3.8) is 0 Å². The Morgan fingerprint density at radius 2 is 1.88 bits per heavy atom. The van der Waals surface area contributed by atoms with Crippen LogP contribution in [0.25, 0.3) is 0 Å². The molecule has 1 aromatic rings. The van der Waals surface area contributed by atoms with Crippen LogP contribution in [-0.4, -0.2) is 18.5 Å². The fourth-order valence-electron chi connectivity index (χ4n) is 1.05. The molecule has 0 radical (unpaired) electrons. The maximum Gasteiger partial charge on any atom is 0.351 e. The third kappa shape index (κ3) is 4.10. The molecule has 5 nitrogen and oxygen atoms in total. The molecule has 16 heavy (non-hydrogen) atoms. The number of carbonyl (C=O) groups is 2. The number of hydrogen-bond donors (Lipinski definition) is 1. The van der Waals surface area contributed by atoms with E-state index < -0.39 is 11.9 Å². The third-order valence-corrected chi connectivity index (χ3v) is 1.77. The van der Waals surface area contributed by atoms with Gasteiger partial charge in [0.15, 0.2) is 6.61 Å². The van der Waals surface area contributed by atoms with Crippen LogP contribution in [0.4, 0.5) is 0 Å². The highest BCUT2D eigenvalue weighted by Gasteiger charge is 2.06. The maximum atomic E-state index is 11.0. The van der Waals surface area contributed by atoms with Crippen molar-refractivity contribution >= 4 is 11.9 Å². The first-order chi connectivity index (χ1) is 7.61. The van der Waals surface area contributed by atoms with E-state index in [1.807, 2.05) is 0 Å². The van der Waals surface area contributed by atoms with Crippen molar-refractivity contribution in [2.24, 2.45) is 5.73 Å². The number of carbonyl (C=O) groups excluding carboxylic acids is 2. The van der Waals surface area contributed by atoms with Crippen LogP contribution in [-0.2, 0) is 20.9 Å². The topological polar surface area (TPSA) is 78.6 Å². The number of rotatable bonds is 4. The molecule has 0 fully saturated rings. The van der Waals surface area contributed by atoms with E-state index >= 15 is 0 Å². The molecule has 0 saturated heterocycles. The summed E-state index contributed by atoms with van der Waals surface area (Å²) in [6.07, 6.45) is 0. The molecule has 1 aromatic carbocycles. The lowest BCUT2D eigenvalue weighted by Gasteiger charge is -2.05. The van der Waals surface area contributed by atoms with Crippen molar-refractivity contribution in [3.8, 4) is 5.75 Å². The second kappa shape index (κ2) is 5.87. The van der Waals surface area contributed by atoms with E-state index in [0.29, 0.717) is 12.3 Å². The Labute approximate surface area is 93.1 Å². The maximum absolute atomic E-state index is 11.0. The van der Waals surface area contributed by atoms with Gasteiger partial charge in [0.2, 0.25) is 0 Å². The number of hydrogen-bond acceptors (Lipinski definition) is 5. The lowest BCUT2D eigenvalue weighted by molar-refractivity contribution is -0.159. The van der Waals surface area contributed by atoms with Gasteiger partial charge in [0.1, 0.15) is 5.75 Å². The molecule has 0 aliphatic carbocycles. The van der Waals surface area contributed by atoms with Crippen LogP contribution in [0, 0.1) is 0 Å². The van der Waals surface area contributed by atoms with E-state index in [1.165, 1.54) is 0 Å². The predicted octanol–water partition coefficient (Wildman–Crippen LogP) is 0.614. The molecule has 86 valence electrons. The van der Waals surface area contributed by atoms with E-state index in [-0.39, 0.29) is 6.61 Å². The molecule has 0 aliphatic heterocycles. The molecular formula is C11H13NO4. The Hall–Kier alpha value is -1.88. The number of ether oxygens (including phenoxy) is 2. The average molecular weight is 223 g/mol. The zero-order valence-corrected chi connectivity index (χ0v) is 8.93. The van der Waals surface area contributed by atoms with Crippen LogP contribution in [0.1, 0.15) is 12.5 Å². The van der Waals surface area contributed by atoms with Gasteiger partial charge in [0, 0.05) is 13.5 Å². The van der Waals surface area contributed by atoms with Gasteiger partial charge in [0.25, 0.3) is 0 Å². The largest absolute Gasteiger partial charge is 0.482 e. The zero-order valence-electron chi connectivity index (χ0n) is 8.93. The molecule has 1 rings (SSSR count). The van der Waals surface area contributed by atoms with Gasteiger partial charge in [-0.25, -0.2) is 4.79 Å². The summed E-state index contributed by atoms with van der Waals surface area (Å²) in [4.78, 5) is 21.4. The molecule has 2 N–H and O–H groups in total. The van der Waals surface area contributed by atoms with Gasteiger partial charge >= 0.3 is 11.9 Å². The van der Waals surface area contributed by atoms with E-state index in [9.17, 15) is 9.59 Å².